The van der Waals surface area contributed by atoms with E-state index >= 15 is 0 Å². The molecule has 1 aliphatic rings. The molecule has 0 radical (unpaired) electrons. The molecule has 1 saturated heterocycles. The summed E-state index contributed by atoms with van der Waals surface area (Å²) in [7, 11) is 0. The Morgan fingerprint density at radius 1 is 1.21 bits per heavy atom. The molecule has 2 aromatic heterocycles. The van der Waals surface area contributed by atoms with Crippen molar-refractivity contribution < 1.29 is 14.7 Å². The van der Waals surface area contributed by atoms with E-state index in [4.69, 9.17) is 22.4 Å². The Hall–Kier alpha value is -2.75. The number of aromatic nitrogens is 2. The largest absolute Gasteiger partial charge is 0.480 e. The predicted molar refractivity (Wildman–Crippen MR) is 114 cm³/mol. The van der Waals surface area contributed by atoms with Crippen LogP contribution in [0.4, 0.5) is 0 Å². The van der Waals surface area contributed by atoms with Crippen LogP contribution < -0.4 is 0 Å². The smallest absolute Gasteiger partial charge is 0.323 e. The van der Waals surface area contributed by atoms with Gasteiger partial charge < -0.3 is 5.11 Å². The van der Waals surface area contributed by atoms with Crippen molar-refractivity contribution in [1.82, 2.24) is 14.7 Å². The molecule has 4 rings (SSSR count). The number of carbonyl (C=O) groups is 2. The summed E-state index contributed by atoms with van der Waals surface area (Å²) in [5.41, 5.74) is 2.42. The minimum Gasteiger partial charge on any atom is -0.480 e. The minimum absolute atomic E-state index is 0.242. The second kappa shape index (κ2) is 7.70. The summed E-state index contributed by atoms with van der Waals surface area (Å²) in [5, 5.41) is 15.7. The standard InChI is InChI=1S/C19H13N3O3S3/c23-16(24)11-21-18(25)15(28-19(21)26)9-12-10-22(13-5-2-1-3-6-13)20-17(12)14-7-4-8-27-14/h1-10H,11H2,(H,23,24)/b15-9-. The van der Waals surface area contributed by atoms with E-state index in [1.165, 1.54) is 0 Å². The fraction of sp³-hybridized carbons (Fsp3) is 0.0526. The second-order valence-electron chi connectivity index (χ2n) is 5.85. The van der Waals surface area contributed by atoms with Gasteiger partial charge in [0.2, 0.25) is 0 Å². The summed E-state index contributed by atoms with van der Waals surface area (Å²) in [6, 6.07) is 13.6. The van der Waals surface area contributed by atoms with E-state index in [-0.39, 0.29) is 4.32 Å². The molecule has 0 unspecified atom stereocenters. The van der Waals surface area contributed by atoms with Crippen molar-refractivity contribution in [2.75, 3.05) is 6.54 Å². The van der Waals surface area contributed by atoms with Crippen molar-refractivity contribution in [3.05, 3.63) is 64.5 Å². The van der Waals surface area contributed by atoms with Gasteiger partial charge in [-0.2, -0.15) is 5.10 Å². The SMILES string of the molecule is O=C(O)CN1C(=O)/C(=C/c2cn(-c3ccccc3)nc2-c2cccs2)SC1=S. The van der Waals surface area contributed by atoms with Crippen molar-refractivity contribution in [2.45, 2.75) is 0 Å². The number of carbonyl (C=O) groups excluding carboxylic acids is 1. The topological polar surface area (TPSA) is 75.4 Å². The molecule has 9 heteroatoms. The van der Waals surface area contributed by atoms with Crippen LogP contribution in [0.3, 0.4) is 0 Å². The summed E-state index contributed by atoms with van der Waals surface area (Å²) in [5.74, 6) is -1.50. The lowest BCUT2D eigenvalue weighted by molar-refractivity contribution is -0.140. The second-order valence-corrected chi connectivity index (χ2v) is 8.48. The molecular formula is C19H13N3O3S3. The Morgan fingerprint density at radius 2 is 2.00 bits per heavy atom. The molecular weight excluding hydrogens is 414 g/mol. The highest BCUT2D eigenvalue weighted by Gasteiger charge is 2.33. The van der Waals surface area contributed by atoms with Crippen molar-refractivity contribution in [3.63, 3.8) is 0 Å². The summed E-state index contributed by atoms with van der Waals surface area (Å²) >= 11 is 7.83. The van der Waals surface area contributed by atoms with Crippen LogP contribution in [0.1, 0.15) is 5.56 Å². The Morgan fingerprint density at radius 3 is 2.68 bits per heavy atom. The monoisotopic (exact) mass is 427 g/mol. The normalized spacial score (nSPS) is 15.6. The minimum atomic E-state index is -1.10. The van der Waals surface area contributed by atoms with Crippen molar-refractivity contribution in [1.29, 1.82) is 0 Å². The Kier molecular flexibility index (Phi) is 5.12. The van der Waals surface area contributed by atoms with Crippen LogP contribution in [0.15, 0.2) is 58.9 Å². The van der Waals surface area contributed by atoms with Crippen LogP contribution in [0.2, 0.25) is 0 Å². The Bertz CT molecular complexity index is 1090. The summed E-state index contributed by atoms with van der Waals surface area (Å²) < 4.78 is 2.01. The lowest BCUT2D eigenvalue weighted by Gasteiger charge is -2.10. The van der Waals surface area contributed by atoms with Gasteiger partial charge in [0, 0.05) is 11.8 Å². The molecule has 140 valence electrons. The van der Waals surface area contributed by atoms with E-state index in [2.05, 4.69) is 0 Å². The lowest BCUT2D eigenvalue weighted by Crippen LogP contribution is -2.33. The number of thiocarbonyl (C=S) groups is 1. The molecule has 1 N–H and O–H groups in total. The number of aliphatic carboxylic acids is 1. The third-order valence-corrected chi connectivity index (χ3v) is 6.23. The maximum atomic E-state index is 12.6. The molecule has 3 aromatic rings. The number of carboxylic acids is 1. The van der Waals surface area contributed by atoms with Crippen LogP contribution >= 0.6 is 35.3 Å². The van der Waals surface area contributed by atoms with Gasteiger partial charge in [-0.1, -0.05) is 48.2 Å². The highest BCUT2D eigenvalue weighted by atomic mass is 32.2. The van der Waals surface area contributed by atoms with E-state index in [1.54, 1.807) is 22.1 Å². The zero-order valence-corrected chi connectivity index (χ0v) is 16.8. The molecule has 0 saturated carbocycles. The van der Waals surface area contributed by atoms with Crippen molar-refractivity contribution in [3.8, 4) is 16.3 Å². The number of para-hydroxylation sites is 1. The van der Waals surface area contributed by atoms with E-state index in [1.807, 2.05) is 54.0 Å². The number of hydrogen-bond acceptors (Lipinski definition) is 6. The van der Waals surface area contributed by atoms with Crippen molar-refractivity contribution in [2.24, 2.45) is 0 Å². The predicted octanol–water partition coefficient (Wildman–Crippen LogP) is 3.89. The van der Waals surface area contributed by atoms with E-state index in [9.17, 15) is 9.59 Å². The van der Waals surface area contributed by atoms with Crippen LogP contribution in [-0.2, 0) is 9.59 Å². The van der Waals surface area contributed by atoms with Gasteiger partial charge in [-0.3, -0.25) is 14.5 Å². The number of amides is 1. The maximum Gasteiger partial charge on any atom is 0.323 e. The highest BCUT2D eigenvalue weighted by molar-refractivity contribution is 8.26. The first-order valence-corrected chi connectivity index (χ1v) is 10.3. The van der Waals surface area contributed by atoms with Gasteiger partial charge >= 0.3 is 5.97 Å². The third kappa shape index (κ3) is 3.64. The van der Waals surface area contributed by atoms with Crippen LogP contribution in [0, 0.1) is 0 Å². The first kappa shape index (κ1) is 18.6. The Labute approximate surface area is 174 Å². The fourth-order valence-corrected chi connectivity index (χ4v) is 4.70. The number of nitrogens with zero attached hydrogens (tertiary/aromatic N) is 3. The molecule has 1 aromatic carbocycles. The quantitative estimate of drug-likeness (QED) is 0.492. The molecule has 6 nitrogen and oxygen atoms in total. The summed E-state index contributed by atoms with van der Waals surface area (Å²) in [6.45, 7) is -0.441. The van der Waals surface area contributed by atoms with Crippen molar-refractivity contribution >= 4 is 57.6 Å². The molecule has 1 amide bonds. The number of carboxylic acid groups (broad SMARTS) is 1. The van der Waals surface area contributed by atoms with Crippen LogP contribution in [-0.4, -0.2) is 42.5 Å². The zero-order chi connectivity index (χ0) is 19.7. The van der Waals surface area contributed by atoms with Crippen LogP contribution in [0.5, 0.6) is 0 Å². The number of thiophene rings is 1. The van der Waals surface area contributed by atoms with Gasteiger partial charge in [0.1, 0.15) is 16.6 Å². The Balaban J connectivity index is 1.76. The molecule has 0 atom stereocenters. The maximum absolute atomic E-state index is 12.6. The third-order valence-electron chi connectivity index (χ3n) is 3.97. The average molecular weight is 428 g/mol. The first-order valence-electron chi connectivity index (χ1n) is 8.19. The number of rotatable bonds is 5. The van der Waals surface area contributed by atoms with E-state index in [0.717, 1.165) is 38.5 Å². The number of hydrogen-bond donors (Lipinski definition) is 1. The van der Waals surface area contributed by atoms with Gasteiger partial charge in [-0.05, 0) is 29.7 Å². The molecule has 1 fully saturated rings. The van der Waals surface area contributed by atoms with Gasteiger partial charge in [-0.15, -0.1) is 11.3 Å². The van der Waals surface area contributed by atoms with Gasteiger partial charge in [0.15, 0.2) is 0 Å². The molecule has 0 aliphatic carbocycles. The fourth-order valence-electron chi connectivity index (χ4n) is 2.72. The lowest BCUT2D eigenvalue weighted by atomic mass is 10.2. The van der Waals surface area contributed by atoms with Gasteiger partial charge in [0.25, 0.3) is 5.91 Å². The highest BCUT2D eigenvalue weighted by Crippen LogP contribution is 2.35. The zero-order valence-electron chi connectivity index (χ0n) is 14.3. The summed E-state index contributed by atoms with van der Waals surface area (Å²) in [6.07, 6.45) is 3.58. The summed E-state index contributed by atoms with van der Waals surface area (Å²) in [4.78, 5) is 26.0. The average Bonchev–Trinajstić information content (AvgIpc) is 3.39. The van der Waals surface area contributed by atoms with E-state index in [0.29, 0.717) is 4.91 Å². The molecule has 0 spiro atoms. The van der Waals surface area contributed by atoms with Gasteiger partial charge in [0.05, 0.1) is 15.5 Å². The van der Waals surface area contributed by atoms with E-state index < -0.39 is 18.4 Å². The number of benzene rings is 1. The van der Waals surface area contributed by atoms with Crippen LogP contribution in [0.25, 0.3) is 22.3 Å². The first-order chi connectivity index (χ1) is 13.5. The van der Waals surface area contributed by atoms with Gasteiger partial charge in [-0.25, -0.2) is 4.68 Å². The molecule has 3 heterocycles. The molecule has 0 bridgehead atoms. The number of thioether (sulfide) groups is 1. The molecule has 1 aliphatic heterocycles. The molecule has 28 heavy (non-hydrogen) atoms.